The minimum absolute atomic E-state index is 0.0215. The normalized spacial score (nSPS) is 23.0. The third-order valence-corrected chi connectivity index (χ3v) is 4.10. The van der Waals surface area contributed by atoms with Gasteiger partial charge in [0.1, 0.15) is 0 Å². The van der Waals surface area contributed by atoms with E-state index in [1.165, 1.54) is 0 Å². The van der Waals surface area contributed by atoms with E-state index in [1.54, 1.807) is 19.2 Å². The number of amides is 1. The highest BCUT2D eigenvalue weighted by molar-refractivity contribution is 5.91. The molecule has 3 N–H and O–H groups in total. The topological polar surface area (TPSA) is 67.6 Å². The average Bonchev–Trinajstić information content (AvgIpc) is 2.46. The second-order valence-electron chi connectivity index (χ2n) is 5.76. The minimum atomic E-state index is 0.0215. The van der Waals surface area contributed by atoms with Crippen molar-refractivity contribution in [3.8, 4) is 0 Å². The quantitative estimate of drug-likeness (QED) is 0.814. The van der Waals surface area contributed by atoms with Gasteiger partial charge in [-0.05, 0) is 37.1 Å². The van der Waals surface area contributed by atoms with Gasteiger partial charge in [0.05, 0.1) is 6.10 Å². The van der Waals surface area contributed by atoms with E-state index >= 15 is 0 Å². The zero-order valence-electron chi connectivity index (χ0n) is 12.8. The number of benzene rings is 1. The first-order valence-corrected chi connectivity index (χ1v) is 7.49. The van der Waals surface area contributed by atoms with Gasteiger partial charge in [-0.3, -0.25) is 4.79 Å². The summed E-state index contributed by atoms with van der Waals surface area (Å²) in [5, 5.41) is 2.88. The molecule has 1 aliphatic rings. The van der Waals surface area contributed by atoms with E-state index in [-0.39, 0.29) is 12.0 Å². The molecule has 1 aliphatic heterocycles. The fourth-order valence-corrected chi connectivity index (χ4v) is 2.71. The maximum atomic E-state index is 12.0. The molecule has 0 saturated carbocycles. The van der Waals surface area contributed by atoms with Gasteiger partial charge in [-0.1, -0.05) is 13.0 Å². The van der Waals surface area contributed by atoms with Gasteiger partial charge < -0.3 is 20.7 Å². The third kappa shape index (κ3) is 4.72. The Labute approximate surface area is 126 Å². The van der Waals surface area contributed by atoms with Crippen molar-refractivity contribution in [2.24, 2.45) is 5.92 Å². The van der Waals surface area contributed by atoms with Crippen molar-refractivity contribution in [2.45, 2.75) is 25.9 Å². The molecule has 5 heteroatoms. The molecule has 2 atom stereocenters. The van der Waals surface area contributed by atoms with Crippen molar-refractivity contribution in [2.75, 3.05) is 37.8 Å². The molecule has 2 unspecified atom stereocenters. The first kappa shape index (κ1) is 15.8. The lowest BCUT2D eigenvalue weighted by Crippen LogP contribution is -2.44. The molecule has 21 heavy (non-hydrogen) atoms. The molecule has 1 saturated heterocycles. The molecule has 1 aromatic rings. The van der Waals surface area contributed by atoms with Gasteiger partial charge in [0, 0.05) is 38.0 Å². The van der Waals surface area contributed by atoms with Gasteiger partial charge in [-0.2, -0.15) is 0 Å². The molecule has 1 amide bonds. The van der Waals surface area contributed by atoms with Crippen LogP contribution >= 0.6 is 0 Å². The summed E-state index contributed by atoms with van der Waals surface area (Å²) in [6.45, 7) is 4.93. The summed E-state index contributed by atoms with van der Waals surface area (Å²) in [7, 11) is 1.76. The molecular formula is C16H25N3O2. The second kappa shape index (κ2) is 7.43. The number of methoxy groups -OCH3 is 1. The Morgan fingerprint density at radius 2 is 2.33 bits per heavy atom. The Balaban J connectivity index is 1.76. The van der Waals surface area contributed by atoms with Crippen LogP contribution in [0.3, 0.4) is 0 Å². The maximum Gasteiger partial charge on any atom is 0.225 e. The van der Waals surface area contributed by atoms with E-state index in [4.69, 9.17) is 10.5 Å². The van der Waals surface area contributed by atoms with Crippen LogP contribution in [0.1, 0.15) is 19.8 Å². The lowest BCUT2D eigenvalue weighted by atomic mass is 9.96. The Kier molecular flexibility index (Phi) is 5.59. The molecule has 5 nitrogen and oxygen atoms in total. The van der Waals surface area contributed by atoms with Crippen molar-refractivity contribution in [1.29, 1.82) is 0 Å². The highest BCUT2D eigenvalue weighted by Gasteiger charge is 2.25. The van der Waals surface area contributed by atoms with Crippen LogP contribution in [0, 0.1) is 5.92 Å². The number of nitrogens with zero attached hydrogens (tertiary/aromatic N) is 1. The molecule has 0 aromatic heterocycles. The van der Waals surface area contributed by atoms with Crippen molar-refractivity contribution >= 4 is 17.3 Å². The highest BCUT2D eigenvalue weighted by atomic mass is 16.5. The summed E-state index contributed by atoms with van der Waals surface area (Å²) in [5.41, 5.74) is 7.10. The number of anilines is 2. The van der Waals surface area contributed by atoms with E-state index in [0.717, 1.165) is 31.7 Å². The zero-order chi connectivity index (χ0) is 15.2. The number of likely N-dealkylation sites (tertiary alicyclic amines) is 1. The monoisotopic (exact) mass is 291 g/mol. The molecule has 116 valence electrons. The maximum absolute atomic E-state index is 12.0. The summed E-state index contributed by atoms with van der Waals surface area (Å²) in [6, 6.07) is 7.24. The summed E-state index contributed by atoms with van der Waals surface area (Å²) >= 11 is 0. The van der Waals surface area contributed by atoms with Crippen molar-refractivity contribution < 1.29 is 9.53 Å². The van der Waals surface area contributed by atoms with Gasteiger partial charge >= 0.3 is 0 Å². The van der Waals surface area contributed by atoms with Crippen LogP contribution in [-0.2, 0) is 9.53 Å². The Morgan fingerprint density at radius 3 is 3.05 bits per heavy atom. The number of rotatable bonds is 5. The van der Waals surface area contributed by atoms with Crippen molar-refractivity contribution in [1.82, 2.24) is 4.90 Å². The van der Waals surface area contributed by atoms with E-state index in [0.29, 0.717) is 18.0 Å². The number of piperidine rings is 1. The van der Waals surface area contributed by atoms with Crippen LogP contribution in [0.4, 0.5) is 11.4 Å². The summed E-state index contributed by atoms with van der Waals surface area (Å²) in [5.74, 6) is 0.612. The average molecular weight is 291 g/mol. The lowest BCUT2D eigenvalue weighted by molar-refractivity contribution is -0.116. The number of nitrogens with two attached hydrogens (primary N) is 1. The largest absolute Gasteiger partial charge is 0.399 e. The molecule has 0 radical (unpaired) electrons. The third-order valence-electron chi connectivity index (χ3n) is 4.10. The predicted molar refractivity (Wildman–Crippen MR) is 85.1 cm³/mol. The van der Waals surface area contributed by atoms with Gasteiger partial charge in [-0.25, -0.2) is 0 Å². The van der Waals surface area contributed by atoms with Gasteiger partial charge in [0.25, 0.3) is 0 Å². The van der Waals surface area contributed by atoms with Crippen LogP contribution in [0.2, 0.25) is 0 Å². The van der Waals surface area contributed by atoms with Crippen LogP contribution in [0.15, 0.2) is 24.3 Å². The molecule has 0 bridgehead atoms. The van der Waals surface area contributed by atoms with Gasteiger partial charge in [-0.15, -0.1) is 0 Å². The first-order valence-electron chi connectivity index (χ1n) is 7.49. The molecule has 1 aromatic carbocycles. The Morgan fingerprint density at radius 1 is 1.52 bits per heavy atom. The van der Waals surface area contributed by atoms with Crippen molar-refractivity contribution in [3.05, 3.63) is 24.3 Å². The molecule has 2 rings (SSSR count). The molecule has 0 aliphatic carbocycles. The van der Waals surface area contributed by atoms with Crippen LogP contribution in [0.5, 0.6) is 0 Å². The van der Waals surface area contributed by atoms with Crippen molar-refractivity contribution in [3.63, 3.8) is 0 Å². The summed E-state index contributed by atoms with van der Waals surface area (Å²) < 4.78 is 5.49. The zero-order valence-corrected chi connectivity index (χ0v) is 12.8. The minimum Gasteiger partial charge on any atom is -0.399 e. The molecule has 1 heterocycles. The van der Waals surface area contributed by atoms with E-state index < -0.39 is 0 Å². The number of carbonyl (C=O) groups is 1. The van der Waals surface area contributed by atoms with Gasteiger partial charge in [0.15, 0.2) is 0 Å². The number of carbonyl (C=O) groups excluding carboxylic acids is 1. The molecule has 1 fully saturated rings. The lowest BCUT2D eigenvalue weighted by Gasteiger charge is -2.36. The van der Waals surface area contributed by atoms with E-state index in [9.17, 15) is 4.79 Å². The Bertz CT molecular complexity index is 478. The number of hydrogen-bond donors (Lipinski definition) is 2. The SMILES string of the molecule is COC1CN(CCC(=O)Nc2cccc(N)c2)CCC1C. The molecule has 0 spiro atoms. The Hall–Kier alpha value is -1.59. The smallest absolute Gasteiger partial charge is 0.225 e. The fraction of sp³-hybridized carbons (Fsp3) is 0.562. The number of nitrogens with one attached hydrogen (secondary N) is 1. The number of ether oxygens (including phenoxy) is 1. The predicted octanol–water partition coefficient (Wildman–Crippen LogP) is 1.95. The summed E-state index contributed by atoms with van der Waals surface area (Å²) in [4.78, 5) is 14.3. The first-order chi connectivity index (χ1) is 10.1. The van der Waals surface area contributed by atoms with Crippen LogP contribution < -0.4 is 11.1 Å². The highest BCUT2D eigenvalue weighted by Crippen LogP contribution is 2.19. The van der Waals surface area contributed by atoms with Crippen LogP contribution in [-0.4, -0.2) is 43.7 Å². The van der Waals surface area contributed by atoms with Crippen LogP contribution in [0.25, 0.3) is 0 Å². The molecular weight excluding hydrogens is 266 g/mol. The second-order valence-corrected chi connectivity index (χ2v) is 5.76. The number of nitrogen functional groups attached to an aromatic ring is 1. The number of hydrogen-bond acceptors (Lipinski definition) is 4. The summed E-state index contributed by atoms with van der Waals surface area (Å²) in [6.07, 6.45) is 1.88. The van der Waals surface area contributed by atoms with E-state index in [2.05, 4.69) is 17.1 Å². The van der Waals surface area contributed by atoms with E-state index in [1.807, 2.05) is 12.1 Å². The fourth-order valence-electron chi connectivity index (χ4n) is 2.71. The standard InChI is InChI=1S/C16H25N3O2/c1-12-6-8-19(11-15(12)21-2)9-7-16(20)18-14-5-3-4-13(17)10-14/h3-5,10,12,15H,6-9,11,17H2,1-2H3,(H,18,20). The van der Waals surface area contributed by atoms with Gasteiger partial charge in [0.2, 0.25) is 5.91 Å².